The maximum Gasteiger partial charge on any atom is 0.435 e. The van der Waals surface area contributed by atoms with E-state index in [0.717, 1.165) is 25.3 Å². The molecule has 22 heteroatoms. The van der Waals surface area contributed by atoms with Crippen LogP contribution in [0.1, 0.15) is 54.0 Å². The van der Waals surface area contributed by atoms with E-state index in [4.69, 9.17) is 4.98 Å². The summed E-state index contributed by atoms with van der Waals surface area (Å²) in [5.74, 6) is -9.50. The summed E-state index contributed by atoms with van der Waals surface area (Å²) in [4.78, 5) is 23.6. The Morgan fingerprint density at radius 2 is 1.78 bits per heavy atom. The van der Waals surface area contributed by atoms with E-state index in [1.807, 2.05) is 0 Å². The zero-order chi connectivity index (χ0) is 42.3. The molecule has 5 aromatic heterocycles. The maximum absolute atomic E-state index is 15.6. The lowest BCUT2D eigenvalue weighted by molar-refractivity contribution is -0.143. The molecule has 0 aliphatic heterocycles. The molecule has 1 unspecified atom stereocenters. The largest absolute Gasteiger partial charge is 0.435 e. The molecule has 0 bridgehead atoms. The van der Waals surface area contributed by atoms with Crippen LogP contribution in [0.3, 0.4) is 0 Å². The van der Waals surface area contributed by atoms with Crippen LogP contribution >= 0.6 is 11.3 Å². The predicted molar refractivity (Wildman–Crippen MR) is 203 cm³/mol. The summed E-state index contributed by atoms with van der Waals surface area (Å²) >= 11 is 1.24. The highest BCUT2D eigenvalue weighted by Crippen LogP contribution is 2.55. The Bertz CT molecular complexity index is 2890. The number of fused-ring (bicyclic) bond motifs is 3. The van der Waals surface area contributed by atoms with E-state index in [0.29, 0.717) is 48.0 Å². The summed E-state index contributed by atoms with van der Waals surface area (Å²) in [6.45, 7) is 1.27. The van der Waals surface area contributed by atoms with Gasteiger partial charge in [-0.15, -0.1) is 11.3 Å². The summed E-state index contributed by atoms with van der Waals surface area (Å²) in [5, 5.41) is 18.1. The van der Waals surface area contributed by atoms with E-state index in [1.165, 1.54) is 29.1 Å². The zero-order valence-corrected chi connectivity index (χ0v) is 32.8. The normalized spacial score (nSPS) is 17.1. The number of halogens is 7. The van der Waals surface area contributed by atoms with E-state index in [-0.39, 0.29) is 29.1 Å². The van der Waals surface area contributed by atoms with Gasteiger partial charge in [-0.05, 0) is 42.2 Å². The summed E-state index contributed by atoms with van der Waals surface area (Å²) in [5.41, 5.74) is -1.24. The van der Waals surface area contributed by atoms with Crippen LogP contribution in [0.4, 0.5) is 36.6 Å². The number of carbonyl (C=O) groups excluding carboxylic acids is 1. The van der Waals surface area contributed by atoms with Crippen LogP contribution in [-0.4, -0.2) is 60.3 Å². The van der Waals surface area contributed by atoms with Crippen molar-refractivity contribution in [3.05, 3.63) is 94.7 Å². The standard InChI is InChI=1S/C37H31F7N10O3S2/c1-16-17(2)36(40,41)32-28(16)31(37(42,43)44)50-54(32)15-27(55)47-25(10-18-8-20(38)11-21(39)9-18)29-24(12-26-34(48-29)49-35(58-26)19-13-45-46-14-19)22-6-5-7-23-30(22)53(3)51-33(23)52-59(4,56)57/h5-9,11-14,16-17,25H,10,15H2,1-4H3,(H,45,46)(H,47,55)(H,51,52)/t16-,17+,25?/m0/s1. The van der Waals surface area contributed by atoms with Gasteiger partial charge in [-0.2, -0.15) is 37.2 Å². The van der Waals surface area contributed by atoms with E-state index in [1.54, 1.807) is 37.5 Å². The number of carbonyl (C=O) groups is 1. The molecule has 0 radical (unpaired) electrons. The molecule has 1 amide bonds. The Hall–Kier alpha value is -5.90. The van der Waals surface area contributed by atoms with Crippen LogP contribution in [0.2, 0.25) is 0 Å². The Labute approximate surface area is 333 Å². The van der Waals surface area contributed by atoms with E-state index >= 15 is 8.78 Å². The van der Waals surface area contributed by atoms with Gasteiger partial charge in [0.05, 0.1) is 34.4 Å². The van der Waals surface area contributed by atoms with Crippen LogP contribution in [0, 0.1) is 17.6 Å². The van der Waals surface area contributed by atoms with Crippen molar-refractivity contribution in [1.82, 2.24) is 45.0 Å². The lowest BCUT2D eigenvalue weighted by Gasteiger charge is -2.23. The van der Waals surface area contributed by atoms with Crippen molar-refractivity contribution in [2.75, 3.05) is 11.0 Å². The van der Waals surface area contributed by atoms with Gasteiger partial charge in [0.2, 0.25) is 15.9 Å². The number of aromatic nitrogens is 8. The number of para-hydroxylation sites is 1. The zero-order valence-electron chi connectivity index (χ0n) is 31.2. The van der Waals surface area contributed by atoms with Gasteiger partial charge in [-0.3, -0.25) is 24.0 Å². The minimum Gasteiger partial charge on any atom is -0.346 e. The van der Waals surface area contributed by atoms with E-state index in [9.17, 15) is 35.2 Å². The smallest absolute Gasteiger partial charge is 0.346 e. The number of aromatic amines is 1. The molecule has 3 N–H and O–H groups in total. The number of hydrogen-bond donors (Lipinski definition) is 3. The lowest BCUT2D eigenvalue weighted by Crippen LogP contribution is -2.35. The van der Waals surface area contributed by atoms with Crippen molar-refractivity contribution in [2.45, 2.75) is 50.9 Å². The molecule has 308 valence electrons. The Balaban J connectivity index is 1.31. The van der Waals surface area contributed by atoms with Crippen LogP contribution in [0.25, 0.3) is 42.9 Å². The molecule has 0 spiro atoms. The Kier molecular flexibility index (Phi) is 9.56. The molecule has 59 heavy (non-hydrogen) atoms. The number of hydrogen-bond acceptors (Lipinski definition) is 9. The molecule has 1 aliphatic carbocycles. The predicted octanol–water partition coefficient (Wildman–Crippen LogP) is 7.45. The molecular formula is C37H31F7N10O3S2. The summed E-state index contributed by atoms with van der Waals surface area (Å²) in [6, 6.07) is 7.96. The fraction of sp³-hybridized carbons (Fsp3) is 0.297. The molecule has 13 nitrogen and oxygen atoms in total. The van der Waals surface area contributed by atoms with Gasteiger partial charge < -0.3 is 5.32 Å². The fourth-order valence-corrected chi connectivity index (χ4v) is 9.01. The molecule has 0 fully saturated rings. The molecule has 3 atom stereocenters. The number of anilines is 1. The van der Waals surface area contributed by atoms with Crippen molar-refractivity contribution in [3.63, 3.8) is 0 Å². The summed E-state index contributed by atoms with van der Waals surface area (Å²) in [6.07, 6.45) is -1.36. The average Bonchev–Trinajstić information content (AvgIpc) is 3.96. The summed E-state index contributed by atoms with van der Waals surface area (Å²) < 4.78 is 132. The molecule has 7 aromatic rings. The molecule has 0 saturated carbocycles. The van der Waals surface area contributed by atoms with Crippen LogP contribution in [0.5, 0.6) is 0 Å². The van der Waals surface area contributed by atoms with Crippen LogP contribution in [-0.2, 0) is 46.9 Å². The Morgan fingerprint density at radius 1 is 1.05 bits per heavy atom. The van der Waals surface area contributed by atoms with Crippen molar-refractivity contribution in [2.24, 2.45) is 13.0 Å². The second-order valence-electron chi connectivity index (χ2n) is 14.4. The number of aryl methyl sites for hydroxylation is 1. The van der Waals surface area contributed by atoms with Gasteiger partial charge in [0.25, 0.3) is 5.92 Å². The molecule has 5 heterocycles. The number of pyridine rings is 1. The van der Waals surface area contributed by atoms with Gasteiger partial charge in [0.15, 0.2) is 17.2 Å². The number of rotatable bonds is 10. The monoisotopic (exact) mass is 860 g/mol. The molecule has 0 saturated heterocycles. The second kappa shape index (κ2) is 14.1. The topological polar surface area (TPSA) is 165 Å². The molecule has 8 rings (SSSR count). The number of nitrogens with one attached hydrogen (secondary N) is 3. The van der Waals surface area contributed by atoms with Gasteiger partial charge in [0.1, 0.15) is 28.9 Å². The minimum atomic E-state index is -5.11. The van der Waals surface area contributed by atoms with Gasteiger partial charge in [-0.1, -0.05) is 26.0 Å². The number of benzene rings is 2. The first-order valence-corrected chi connectivity index (χ1v) is 20.5. The number of nitrogens with zero attached hydrogens (tertiary/aromatic N) is 7. The van der Waals surface area contributed by atoms with Crippen molar-refractivity contribution >= 4 is 54.3 Å². The van der Waals surface area contributed by atoms with Crippen molar-refractivity contribution in [1.29, 1.82) is 0 Å². The Morgan fingerprint density at radius 3 is 2.44 bits per heavy atom. The average molecular weight is 861 g/mol. The van der Waals surface area contributed by atoms with Gasteiger partial charge in [-0.25, -0.2) is 27.2 Å². The number of thiazole rings is 1. The van der Waals surface area contributed by atoms with Gasteiger partial charge >= 0.3 is 6.18 Å². The molecule has 1 aliphatic rings. The first-order chi connectivity index (χ1) is 27.7. The molecular weight excluding hydrogens is 830 g/mol. The van der Waals surface area contributed by atoms with Crippen LogP contribution in [0.15, 0.2) is 54.9 Å². The SMILES string of the molecule is C[C@@H]1c2c(C(F)(F)F)nn(CC(=O)NC(Cc3cc(F)cc(F)c3)c3nc4nc(-c5cn[nH]c5)sc4cc3-c3cccc4c(NS(C)(=O)=O)nn(C)c34)c2C(F)(F)[C@@H]1C. The van der Waals surface area contributed by atoms with Crippen molar-refractivity contribution in [3.8, 4) is 21.7 Å². The molecule has 2 aromatic carbocycles. The van der Waals surface area contributed by atoms with Crippen molar-refractivity contribution < 1.29 is 43.9 Å². The highest BCUT2D eigenvalue weighted by Gasteiger charge is 2.57. The number of amides is 1. The second-order valence-corrected chi connectivity index (χ2v) is 17.1. The highest BCUT2D eigenvalue weighted by molar-refractivity contribution is 7.92. The third-order valence-corrected chi connectivity index (χ3v) is 11.9. The maximum atomic E-state index is 15.6. The highest BCUT2D eigenvalue weighted by atomic mass is 32.2. The third-order valence-electron chi connectivity index (χ3n) is 10.3. The third kappa shape index (κ3) is 7.27. The van der Waals surface area contributed by atoms with E-state index in [2.05, 4.69) is 35.4 Å². The lowest BCUT2D eigenvalue weighted by atomic mass is 9.94. The number of H-pyrrole nitrogens is 1. The van der Waals surface area contributed by atoms with Crippen LogP contribution < -0.4 is 10.0 Å². The number of sulfonamides is 1. The summed E-state index contributed by atoms with van der Waals surface area (Å²) in [7, 11) is -2.22. The first kappa shape index (κ1) is 39.9. The van der Waals surface area contributed by atoms with E-state index < -0.39 is 81.0 Å². The number of alkyl halides is 5. The van der Waals surface area contributed by atoms with Gasteiger partial charge in [0, 0.05) is 52.9 Å². The minimum absolute atomic E-state index is 0.00739. The quantitative estimate of drug-likeness (QED) is 0.119. The fourth-order valence-electron chi connectivity index (χ4n) is 7.57. The first-order valence-electron chi connectivity index (χ1n) is 17.7.